The van der Waals surface area contributed by atoms with E-state index in [1.54, 1.807) is 6.21 Å². The first-order chi connectivity index (χ1) is 51.4. The largest absolute Gasteiger partial charge is 1.00 e. The summed E-state index contributed by atoms with van der Waals surface area (Å²) in [4.78, 5) is 59.7. The summed E-state index contributed by atoms with van der Waals surface area (Å²) >= 11 is 7.12. The predicted octanol–water partition coefficient (Wildman–Crippen LogP) is 15.1. The Kier molecular flexibility index (Phi) is 36.5. The van der Waals surface area contributed by atoms with Crippen LogP contribution in [0.5, 0.6) is 0 Å². The van der Waals surface area contributed by atoms with E-state index in [1.165, 1.54) is 33.1 Å². The fraction of sp³-hybridized carbons (Fsp3) is 0.191. The number of esters is 2. The minimum atomic E-state index is -0.942. The van der Waals surface area contributed by atoms with Crippen molar-refractivity contribution < 1.29 is 78.6 Å². The number of carboxylic acid groups (broad SMARTS) is 2. The molecular weight excluding hydrogens is 1410 g/mol. The average Bonchev–Trinajstić information content (AvgIpc) is 1.21. The van der Waals surface area contributed by atoms with E-state index in [0.717, 1.165) is 105 Å². The molecule has 0 amide bonds. The Hall–Kier alpha value is -10.7. The number of aryl methyl sites for hydroxylation is 2. The van der Waals surface area contributed by atoms with Gasteiger partial charge in [0.15, 0.2) is 0 Å². The summed E-state index contributed by atoms with van der Waals surface area (Å²) in [5, 5.41) is 17.2. The number of carbonyl (C=O) groups is 4. The van der Waals surface area contributed by atoms with Gasteiger partial charge in [0.1, 0.15) is 16.0 Å². The van der Waals surface area contributed by atoms with Crippen LogP contribution in [0.25, 0.3) is 0 Å². The predicted molar refractivity (Wildman–Crippen MR) is 425 cm³/mol. The van der Waals surface area contributed by atoms with Crippen molar-refractivity contribution in [2.45, 2.75) is 80.2 Å². The van der Waals surface area contributed by atoms with Crippen LogP contribution in [-0.4, -0.2) is 98.5 Å². The minimum absolute atomic E-state index is 0. The van der Waals surface area contributed by atoms with Gasteiger partial charge in [-0.05, 0) is 75.4 Å². The number of carbonyl (C=O) groups excluding carboxylic acids is 2. The maximum Gasteiger partial charge on any atom is 1.00 e. The fourth-order valence-corrected chi connectivity index (χ4v) is 12.8. The summed E-state index contributed by atoms with van der Waals surface area (Å²) in [5.41, 5.74) is 12.1. The van der Waals surface area contributed by atoms with Crippen molar-refractivity contribution in [3.05, 3.63) is 395 Å². The van der Waals surface area contributed by atoms with Crippen LogP contribution in [0.4, 0.5) is 0 Å². The third-order valence-electron chi connectivity index (χ3n) is 17.5. The van der Waals surface area contributed by atoms with Gasteiger partial charge in [0, 0.05) is 75.5 Å². The van der Waals surface area contributed by atoms with Gasteiger partial charge in [-0.2, -0.15) is 0 Å². The molecule has 1 fully saturated rings. The summed E-state index contributed by atoms with van der Waals surface area (Å²) in [7, 11) is 2.81. The third kappa shape index (κ3) is 23.9. The number of ether oxygens (including phenoxy) is 3. The Morgan fingerprint density at radius 3 is 1.03 bits per heavy atom. The third-order valence-corrected chi connectivity index (χ3v) is 18.2. The molecule has 3 aliphatic rings. The van der Waals surface area contributed by atoms with Crippen molar-refractivity contribution >= 4 is 60.3 Å². The molecule has 3 aliphatic heterocycles. The number of allylic oxidation sites excluding steroid dienone is 4. The van der Waals surface area contributed by atoms with Gasteiger partial charge in [-0.25, -0.2) is 14.8 Å². The van der Waals surface area contributed by atoms with Crippen LogP contribution in [-0.2, 0) is 62.2 Å². The van der Waals surface area contributed by atoms with E-state index in [1.807, 2.05) is 171 Å². The molecule has 0 radical (unpaired) electrons. The number of hydrogen-bond donors (Lipinski definition) is 2. The van der Waals surface area contributed by atoms with Gasteiger partial charge < -0.3 is 39.0 Å². The van der Waals surface area contributed by atoms with E-state index in [4.69, 9.17) is 31.3 Å². The van der Waals surface area contributed by atoms with Gasteiger partial charge in [0.2, 0.25) is 0 Å². The molecule has 550 valence electrons. The molecule has 9 aromatic carbocycles. The number of rotatable bonds is 22. The molecular formula is C89H89Cl2N6NaO10. The Balaban J connectivity index is 0.000000217. The molecule has 16 nitrogen and oxygen atoms in total. The van der Waals surface area contributed by atoms with E-state index >= 15 is 0 Å². The first-order valence-electron chi connectivity index (χ1n) is 34.9. The molecule has 0 bridgehead atoms. The van der Waals surface area contributed by atoms with Crippen molar-refractivity contribution in [2.24, 2.45) is 9.98 Å². The quantitative estimate of drug-likeness (QED) is 0.0212. The normalized spacial score (nSPS) is 12.4. The molecule has 0 atom stereocenters. The average molecular weight is 1500 g/mol. The molecule has 0 aliphatic carbocycles. The van der Waals surface area contributed by atoms with E-state index in [9.17, 15) is 19.2 Å². The summed E-state index contributed by atoms with van der Waals surface area (Å²) in [6, 6.07) is 93.0. The molecule has 0 unspecified atom stereocenters. The zero-order valence-electron chi connectivity index (χ0n) is 60.9. The first-order valence-corrected chi connectivity index (χ1v) is 35.3. The molecule has 1 saturated heterocycles. The van der Waals surface area contributed by atoms with E-state index in [2.05, 4.69) is 179 Å². The number of aromatic nitrogens is 4. The van der Waals surface area contributed by atoms with Crippen LogP contribution < -0.4 is 29.6 Å². The van der Waals surface area contributed by atoms with Crippen molar-refractivity contribution in [1.29, 1.82) is 0 Å². The van der Waals surface area contributed by atoms with Crippen molar-refractivity contribution in [3.8, 4) is 0 Å². The number of methoxy groups -OCH3 is 2. The smallest absolute Gasteiger partial charge is 0.870 e. The standard InChI is InChI=1S/C26H24N2O2.C25H22N2O2.C19H15Cl.C8H11NO2.C7H7NO2.C4H8O.ClH.Na.H2O/c1-30-25(29)18-17-24-19-28(20-27-24)26(21-11-5-2-6-12-21,22-13-7-3-8-14-22)23-15-9-4-10-16-23;28-24(29)17-16-23-18-27(19-26-23)25(20-10-4-1-5-11-20,21-12-6-2-7-13-21)22-14-8-3-9-15-22;20-19(16-10-4-1-5-11-16,17-12-6-2-7-13-17)18-14-8-3-9-15-18;1-11-8(10)5-4-7-3-2-6-9-7;9-7(10)4-3-6-2-1-5-8-6;1-2-4-5-3-1;;;/h2-16,19-20H,17-18H2,1H3;1-15,18-19H,16-17H2,(H,28,29);1-15H;3,6H,2,4-5H2,1H3;2-5H,1H2,(H,9,10);1-4H2;1H;;1H2/q;;;;;;;+1;/p-1/b;;;;4-3+;;;;. The van der Waals surface area contributed by atoms with Crippen molar-refractivity contribution in [2.75, 3.05) is 27.4 Å². The summed E-state index contributed by atoms with van der Waals surface area (Å²) < 4.78 is 18.5. The maximum absolute atomic E-state index is 11.6. The van der Waals surface area contributed by atoms with Crippen LogP contribution >= 0.6 is 24.0 Å². The van der Waals surface area contributed by atoms with Crippen LogP contribution in [0, 0.1) is 0 Å². The Morgan fingerprint density at radius 2 is 0.759 bits per heavy atom. The Morgan fingerprint density at radius 1 is 0.454 bits per heavy atom. The fourth-order valence-electron chi connectivity index (χ4n) is 12.5. The molecule has 14 rings (SSSR count). The molecule has 2 aromatic heterocycles. The van der Waals surface area contributed by atoms with E-state index < -0.39 is 27.9 Å². The molecule has 11 aromatic rings. The second-order valence-corrected chi connectivity index (χ2v) is 24.9. The topological polar surface area (TPSA) is 227 Å². The molecule has 19 heteroatoms. The number of carboxylic acids is 2. The second kappa shape index (κ2) is 45.8. The van der Waals surface area contributed by atoms with Gasteiger partial charge in [0.05, 0.1) is 63.2 Å². The number of aliphatic carboxylic acids is 2. The molecule has 0 saturated carbocycles. The monoisotopic (exact) mass is 1490 g/mol. The van der Waals surface area contributed by atoms with Crippen LogP contribution in [0.1, 0.15) is 113 Å². The zero-order valence-corrected chi connectivity index (χ0v) is 64.5. The number of halogens is 2. The second-order valence-electron chi connectivity index (χ2n) is 24.4. The van der Waals surface area contributed by atoms with Gasteiger partial charge in [-0.1, -0.05) is 285 Å². The molecule has 3 N–H and O–H groups in total. The number of imidazole rings is 2. The van der Waals surface area contributed by atoms with Crippen LogP contribution in [0.3, 0.4) is 0 Å². The number of aliphatic imine (C=N–C) groups is 2. The Labute approximate surface area is 666 Å². The number of nitrogens with zero attached hydrogens (tertiary/aromatic N) is 6. The SMILES string of the molecule is C1CCOC1.COC(=O)CCC1=CCC=N1.COC(=O)CCc1cn(C(c2ccccc2)(c2ccccc2)c2ccccc2)cn1.Cl.ClC(c1ccccc1)(c1ccccc1)c1ccccc1.O=C(O)/C=C/C1=CCC=N1.O=C(O)CCc1cn(C(c2ccccc2)(c2ccccc2)c2ccccc2)cn1.[Na+].[OH-]. The molecule has 5 heterocycles. The van der Waals surface area contributed by atoms with Crippen LogP contribution in [0.15, 0.2) is 344 Å². The first kappa shape index (κ1) is 86.3. The van der Waals surface area contributed by atoms with E-state index in [0.29, 0.717) is 32.1 Å². The molecule has 0 spiro atoms. The Bertz CT molecular complexity index is 4310. The summed E-state index contributed by atoms with van der Waals surface area (Å²) in [6.45, 7) is 2.00. The maximum atomic E-state index is 11.6. The summed E-state index contributed by atoms with van der Waals surface area (Å²) in [5.74, 6) is -2.17. The number of alkyl halides is 1. The van der Waals surface area contributed by atoms with Gasteiger partial charge in [-0.3, -0.25) is 24.4 Å². The van der Waals surface area contributed by atoms with Crippen LogP contribution in [0.2, 0.25) is 0 Å². The van der Waals surface area contributed by atoms with E-state index in [-0.39, 0.29) is 65.8 Å². The zero-order chi connectivity index (χ0) is 73.8. The van der Waals surface area contributed by atoms with Crippen molar-refractivity contribution in [3.63, 3.8) is 0 Å². The molecule has 108 heavy (non-hydrogen) atoms. The van der Waals surface area contributed by atoms with Gasteiger partial charge >= 0.3 is 53.4 Å². The van der Waals surface area contributed by atoms with Crippen molar-refractivity contribution in [1.82, 2.24) is 19.1 Å². The van der Waals surface area contributed by atoms with Gasteiger partial charge in [-0.15, -0.1) is 24.0 Å². The van der Waals surface area contributed by atoms with Gasteiger partial charge in [0.25, 0.3) is 0 Å². The number of hydrogen-bond acceptors (Lipinski definition) is 12. The minimum Gasteiger partial charge on any atom is -0.870 e. The number of benzene rings is 9. The summed E-state index contributed by atoms with van der Waals surface area (Å²) in [6.07, 6.45) is 24.4.